The van der Waals surface area contributed by atoms with Crippen LogP contribution in [-0.2, 0) is 24.0 Å². The number of carboxylic acids is 1. The molecule has 0 spiro atoms. The van der Waals surface area contributed by atoms with Crippen molar-refractivity contribution < 1.29 is 34.2 Å². The minimum atomic E-state index is -1.63. The number of aliphatic carboxylic acids is 1. The van der Waals surface area contributed by atoms with Crippen LogP contribution in [0.2, 0.25) is 0 Å². The number of thiol groups is 1. The first-order chi connectivity index (χ1) is 12.0. The van der Waals surface area contributed by atoms with Crippen LogP contribution in [0.5, 0.6) is 0 Å². The normalized spacial score (nSPS) is 15.1. The predicted molar refractivity (Wildman–Crippen MR) is 91.8 cm³/mol. The van der Waals surface area contributed by atoms with Crippen molar-refractivity contribution in [2.45, 2.75) is 37.5 Å². The van der Waals surface area contributed by atoms with Crippen molar-refractivity contribution in [1.29, 1.82) is 0 Å². The summed E-state index contributed by atoms with van der Waals surface area (Å²) in [7, 11) is 0. The molecule has 148 valence electrons. The fourth-order valence-corrected chi connectivity index (χ4v) is 1.89. The highest BCUT2D eigenvalue weighted by Crippen LogP contribution is 1.98. The Morgan fingerprint density at radius 3 is 1.81 bits per heavy atom. The molecular weight excluding hydrogens is 370 g/mol. The molecule has 0 aliphatic rings. The van der Waals surface area contributed by atoms with Crippen LogP contribution in [0.15, 0.2) is 0 Å². The van der Waals surface area contributed by atoms with Crippen LogP contribution in [0.25, 0.3) is 0 Å². The number of aliphatic hydroxyl groups is 1. The molecule has 4 amide bonds. The predicted octanol–water partition coefficient (Wildman–Crippen LogP) is -4.33. The number of primary amides is 1. The first-order valence-electron chi connectivity index (χ1n) is 7.43. The minimum Gasteiger partial charge on any atom is -0.480 e. The second-order valence-electron chi connectivity index (χ2n) is 5.35. The molecule has 12 nitrogen and oxygen atoms in total. The summed E-state index contributed by atoms with van der Waals surface area (Å²) in [5.74, 6) is -5.13. The lowest BCUT2D eigenvalue weighted by atomic mass is 10.1. The highest BCUT2D eigenvalue weighted by Gasteiger charge is 2.30. The van der Waals surface area contributed by atoms with E-state index in [9.17, 15) is 24.0 Å². The van der Waals surface area contributed by atoms with Gasteiger partial charge >= 0.3 is 5.97 Å². The Bertz CT molecular complexity index is 557. The molecule has 0 aromatic rings. The zero-order valence-corrected chi connectivity index (χ0v) is 14.9. The number of carboxylic acid groups (broad SMARTS) is 1. The summed E-state index contributed by atoms with van der Waals surface area (Å²) < 4.78 is 0. The minimum absolute atomic E-state index is 0.135. The standard InChI is InChI=1S/C13H23N5O7S/c1-5(14)10(21)18-8(4-26)12(23)16-6(2-9(15)20)11(22)17-7(3-19)13(24)25/h5-8,19,26H,2-4,14H2,1H3,(H2,15,20)(H,16,23)(H,17,22)(H,18,21)(H,24,25). The Labute approximate surface area is 154 Å². The maximum Gasteiger partial charge on any atom is 0.328 e. The van der Waals surface area contributed by atoms with Crippen LogP contribution in [0.1, 0.15) is 13.3 Å². The average molecular weight is 393 g/mol. The van der Waals surface area contributed by atoms with Gasteiger partial charge in [-0.15, -0.1) is 0 Å². The Balaban J connectivity index is 5.15. The molecular formula is C13H23N5O7S. The molecule has 0 rings (SSSR count). The Morgan fingerprint density at radius 1 is 0.962 bits per heavy atom. The zero-order chi connectivity index (χ0) is 20.4. The third kappa shape index (κ3) is 8.13. The maximum absolute atomic E-state index is 12.2. The Morgan fingerprint density at radius 2 is 1.42 bits per heavy atom. The van der Waals surface area contributed by atoms with E-state index in [0.717, 1.165) is 0 Å². The van der Waals surface area contributed by atoms with Gasteiger partial charge in [-0.2, -0.15) is 12.6 Å². The van der Waals surface area contributed by atoms with Gasteiger partial charge < -0.3 is 37.6 Å². The second kappa shape index (κ2) is 11.3. The van der Waals surface area contributed by atoms with E-state index in [1.54, 1.807) is 0 Å². The molecule has 0 fully saturated rings. The number of hydrogen-bond acceptors (Lipinski definition) is 8. The third-order valence-electron chi connectivity index (χ3n) is 3.06. The van der Waals surface area contributed by atoms with E-state index in [1.807, 2.05) is 5.32 Å². The molecule has 4 unspecified atom stereocenters. The average Bonchev–Trinajstić information content (AvgIpc) is 2.55. The Hall–Kier alpha value is -2.38. The number of nitrogens with one attached hydrogen (secondary N) is 3. The van der Waals surface area contributed by atoms with E-state index >= 15 is 0 Å². The fourth-order valence-electron chi connectivity index (χ4n) is 1.64. The van der Waals surface area contributed by atoms with Crippen LogP contribution < -0.4 is 27.4 Å². The summed E-state index contributed by atoms with van der Waals surface area (Å²) in [6.45, 7) is 0.495. The summed E-state index contributed by atoms with van der Waals surface area (Å²) in [5.41, 5.74) is 10.4. The van der Waals surface area contributed by atoms with Gasteiger partial charge in [-0.1, -0.05) is 0 Å². The number of carbonyl (C=O) groups excluding carboxylic acids is 4. The molecule has 0 heterocycles. The molecule has 13 heteroatoms. The van der Waals surface area contributed by atoms with E-state index in [2.05, 4.69) is 23.3 Å². The lowest BCUT2D eigenvalue weighted by molar-refractivity contribution is -0.143. The van der Waals surface area contributed by atoms with Crippen LogP contribution >= 0.6 is 12.6 Å². The molecule has 0 saturated carbocycles. The van der Waals surface area contributed by atoms with Crippen LogP contribution in [0.3, 0.4) is 0 Å². The van der Waals surface area contributed by atoms with Gasteiger partial charge in [-0.05, 0) is 6.92 Å². The van der Waals surface area contributed by atoms with Gasteiger partial charge in [0.05, 0.1) is 19.1 Å². The first-order valence-corrected chi connectivity index (χ1v) is 8.06. The summed E-state index contributed by atoms with van der Waals surface area (Å²) in [6.07, 6.45) is -0.629. The van der Waals surface area contributed by atoms with E-state index in [1.165, 1.54) is 6.92 Å². The van der Waals surface area contributed by atoms with E-state index in [4.69, 9.17) is 21.7 Å². The summed E-state index contributed by atoms with van der Waals surface area (Å²) >= 11 is 3.92. The third-order valence-corrected chi connectivity index (χ3v) is 3.43. The highest BCUT2D eigenvalue weighted by molar-refractivity contribution is 7.80. The van der Waals surface area contributed by atoms with Gasteiger partial charge in [0.1, 0.15) is 18.1 Å². The van der Waals surface area contributed by atoms with Crippen molar-refractivity contribution in [3.8, 4) is 0 Å². The first kappa shape index (κ1) is 23.6. The van der Waals surface area contributed by atoms with Gasteiger partial charge in [0.2, 0.25) is 23.6 Å². The molecule has 9 N–H and O–H groups in total. The monoisotopic (exact) mass is 393 g/mol. The van der Waals surface area contributed by atoms with E-state index < -0.39 is 66.8 Å². The smallest absolute Gasteiger partial charge is 0.328 e. The number of aliphatic hydroxyl groups excluding tert-OH is 1. The second-order valence-corrected chi connectivity index (χ2v) is 5.71. The molecule has 0 aromatic heterocycles. The lowest BCUT2D eigenvalue weighted by Gasteiger charge is -2.23. The highest BCUT2D eigenvalue weighted by atomic mass is 32.1. The van der Waals surface area contributed by atoms with Crippen LogP contribution in [0.4, 0.5) is 0 Å². The topological polar surface area (TPSA) is 214 Å². The molecule has 0 aromatic carbocycles. The van der Waals surface area contributed by atoms with Crippen molar-refractivity contribution in [3.63, 3.8) is 0 Å². The van der Waals surface area contributed by atoms with Crippen LogP contribution in [0, 0.1) is 0 Å². The van der Waals surface area contributed by atoms with E-state index in [0.29, 0.717) is 0 Å². The molecule has 4 atom stereocenters. The number of amides is 4. The number of rotatable bonds is 11. The van der Waals surface area contributed by atoms with Gasteiger partial charge in [0.25, 0.3) is 0 Å². The van der Waals surface area contributed by atoms with Crippen molar-refractivity contribution in [2.75, 3.05) is 12.4 Å². The molecule has 0 aliphatic heterocycles. The number of hydrogen-bond donors (Lipinski definition) is 8. The summed E-state index contributed by atoms with van der Waals surface area (Å²) in [6, 6.07) is -5.19. The van der Waals surface area contributed by atoms with E-state index in [-0.39, 0.29) is 5.75 Å². The van der Waals surface area contributed by atoms with Gasteiger partial charge in [-0.25, -0.2) is 4.79 Å². The van der Waals surface area contributed by atoms with Crippen molar-refractivity contribution >= 4 is 42.2 Å². The quantitative estimate of drug-likeness (QED) is 0.160. The van der Waals surface area contributed by atoms with Gasteiger partial charge in [0, 0.05) is 5.75 Å². The maximum atomic E-state index is 12.2. The zero-order valence-electron chi connectivity index (χ0n) is 14.0. The molecule has 26 heavy (non-hydrogen) atoms. The van der Waals surface area contributed by atoms with Crippen molar-refractivity contribution in [3.05, 3.63) is 0 Å². The van der Waals surface area contributed by atoms with Crippen LogP contribution in [-0.4, -0.2) is 76.3 Å². The molecule has 0 bridgehead atoms. The summed E-state index contributed by atoms with van der Waals surface area (Å²) in [4.78, 5) is 57.8. The molecule has 0 saturated heterocycles. The number of carbonyl (C=O) groups is 5. The Kier molecular flexibility index (Phi) is 10.2. The van der Waals surface area contributed by atoms with Crippen molar-refractivity contribution in [2.24, 2.45) is 11.5 Å². The molecule has 0 aliphatic carbocycles. The fraction of sp³-hybridized carbons (Fsp3) is 0.615. The largest absolute Gasteiger partial charge is 0.480 e. The van der Waals surface area contributed by atoms with Gasteiger partial charge in [-0.3, -0.25) is 19.2 Å². The summed E-state index contributed by atoms with van der Waals surface area (Å²) in [5, 5.41) is 24.2. The van der Waals surface area contributed by atoms with Gasteiger partial charge in [0.15, 0.2) is 0 Å². The number of nitrogens with two attached hydrogens (primary N) is 2. The van der Waals surface area contributed by atoms with Crippen molar-refractivity contribution in [1.82, 2.24) is 16.0 Å². The molecule has 0 radical (unpaired) electrons. The lowest BCUT2D eigenvalue weighted by Crippen LogP contribution is -2.58. The SMILES string of the molecule is CC(N)C(=O)NC(CS)C(=O)NC(CC(N)=O)C(=O)NC(CO)C(=O)O.